The van der Waals surface area contributed by atoms with Crippen LogP contribution in [0.2, 0.25) is 0 Å². The number of nitrogens with one attached hydrogen (secondary N) is 1. The maximum absolute atomic E-state index is 8.36. The molecule has 0 bridgehead atoms. The van der Waals surface area contributed by atoms with Gasteiger partial charge in [-0.1, -0.05) is 13.8 Å². The molecule has 33 heavy (non-hydrogen) atoms. The SMILES string of the molecule is COc1cc2c3c(c(NC(C)C)nc2cc1OCCCN1CCCC1)CC(C)(C)C3.O=CO. The molecule has 1 fully saturated rings. The van der Waals surface area contributed by atoms with Crippen molar-refractivity contribution in [3.8, 4) is 11.5 Å². The Hall–Kier alpha value is -2.54. The fraction of sp³-hybridized carbons (Fsp3) is 0.615. The molecule has 0 saturated carbocycles. The van der Waals surface area contributed by atoms with Crippen molar-refractivity contribution in [3.05, 3.63) is 23.3 Å². The number of aromatic nitrogens is 1. The number of rotatable bonds is 8. The third-order valence-electron chi connectivity index (χ3n) is 6.30. The third-order valence-corrected chi connectivity index (χ3v) is 6.30. The lowest BCUT2D eigenvalue weighted by Crippen LogP contribution is -2.21. The molecule has 182 valence electrons. The minimum atomic E-state index is -0.250. The van der Waals surface area contributed by atoms with Crippen LogP contribution in [0.1, 0.15) is 58.1 Å². The fourth-order valence-electron chi connectivity index (χ4n) is 4.93. The Bertz CT molecular complexity index is 952. The summed E-state index contributed by atoms with van der Waals surface area (Å²) in [5.41, 5.74) is 4.02. The van der Waals surface area contributed by atoms with Gasteiger partial charge in [-0.15, -0.1) is 0 Å². The van der Waals surface area contributed by atoms with E-state index in [0.717, 1.165) is 48.6 Å². The van der Waals surface area contributed by atoms with Crippen LogP contribution in [0, 0.1) is 5.41 Å². The highest BCUT2D eigenvalue weighted by Crippen LogP contribution is 2.44. The van der Waals surface area contributed by atoms with Gasteiger partial charge in [-0.3, -0.25) is 4.79 Å². The van der Waals surface area contributed by atoms with Crippen molar-refractivity contribution in [3.63, 3.8) is 0 Å². The minimum Gasteiger partial charge on any atom is -0.493 e. The van der Waals surface area contributed by atoms with Crippen molar-refractivity contribution < 1.29 is 19.4 Å². The van der Waals surface area contributed by atoms with Crippen LogP contribution in [0.4, 0.5) is 5.82 Å². The van der Waals surface area contributed by atoms with Crippen molar-refractivity contribution in [2.75, 3.05) is 38.7 Å². The molecule has 0 atom stereocenters. The molecule has 0 unspecified atom stereocenters. The van der Waals surface area contributed by atoms with Gasteiger partial charge in [0.1, 0.15) is 5.82 Å². The standard InChI is InChI=1S/C25H37N3O2.CH2O2/c1-17(2)26-24-20-16-25(3,4)15-19(20)18-13-22(29-5)23(14-21(18)27-24)30-12-8-11-28-9-6-7-10-28;2-1-3/h13-14,17H,6-12,15-16H2,1-5H3,(H,26,27);1H,(H,2,3). The Kier molecular flexibility index (Phi) is 8.40. The van der Waals surface area contributed by atoms with Gasteiger partial charge in [0.05, 0.1) is 19.2 Å². The number of hydrogen-bond donors (Lipinski definition) is 2. The van der Waals surface area contributed by atoms with Crippen LogP contribution >= 0.6 is 0 Å². The van der Waals surface area contributed by atoms with Gasteiger partial charge in [-0.25, -0.2) is 4.98 Å². The summed E-state index contributed by atoms with van der Waals surface area (Å²) in [4.78, 5) is 15.9. The number of ether oxygens (including phenoxy) is 2. The molecule has 2 N–H and O–H groups in total. The smallest absolute Gasteiger partial charge is 0.290 e. The van der Waals surface area contributed by atoms with Gasteiger partial charge in [-0.05, 0) is 81.6 Å². The molecule has 7 heteroatoms. The molecule has 4 rings (SSSR count). The molecule has 0 radical (unpaired) electrons. The lowest BCUT2D eigenvalue weighted by Gasteiger charge is -2.18. The highest BCUT2D eigenvalue weighted by molar-refractivity contribution is 5.89. The number of fused-ring (bicyclic) bond motifs is 3. The number of benzene rings is 1. The van der Waals surface area contributed by atoms with Crippen molar-refractivity contribution in [2.24, 2.45) is 5.41 Å². The molecule has 7 nitrogen and oxygen atoms in total. The summed E-state index contributed by atoms with van der Waals surface area (Å²) < 4.78 is 11.9. The van der Waals surface area contributed by atoms with Crippen LogP contribution in [-0.4, -0.2) is 60.9 Å². The number of carboxylic acid groups (broad SMARTS) is 1. The Balaban J connectivity index is 0.000000968. The maximum atomic E-state index is 8.36. The average Bonchev–Trinajstić information content (AvgIpc) is 3.38. The second-order valence-corrected chi connectivity index (χ2v) is 10.1. The van der Waals surface area contributed by atoms with Crippen LogP contribution < -0.4 is 14.8 Å². The van der Waals surface area contributed by atoms with Crippen LogP contribution in [-0.2, 0) is 17.6 Å². The minimum absolute atomic E-state index is 0.250. The number of hydrogen-bond acceptors (Lipinski definition) is 6. The molecule has 0 spiro atoms. The summed E-state index contributed by atoms with van der Waals surface area (Å²) in [5, 5.41) is 11.7. The summed E-state index contributed by atoms with van der Waals surface area (Å²) in [7, 11) is 1.73. The zero-order valence-corrected chi connectivity index (χ0v) is 20.7. The maximum Gasteiger partial charge on any atom is 0.290 e. The number of likely N-dealkylation sites (tertiary alicyclic amines) is 1. The van der Waals surface area contributed by atoms with Crippen molar-refractivity contribution in [1.29, 1.82) is 0 Å². The van der Waals surface area contributed by atoms with E-state index in [1.165, 1.54) is 42.4 Å². The van der Waals surface area contributed by atoms with E-state index in [1.807, 2.05) is 0 Å². The Morgan fingerprint density at radius 1 is 1.18 bits per heavy atom. The second kappa shape index (κ2) is 11.1. The van der Waals surface area contributed by atoms with Gasteiger partial charge in [0.15, 0.2) is 11.5 Å². The lowest BCUT2D eigenvalue weighted by molar-refractivity contribution is -0.122. The van der Waals surface area contributed by atoms with E-state index < -0.39 is 0 Å². The number of pyridine rings is 1. The van der Waals surface area contributed by atoms with E-state index in [2.05, 4.69) is 50.0 Å². The van der Waals surface area contributed by atoms with Crippen LogP contribution in [0.5, 0.6) is 11.5 Å². The molecule has 1 aromatic carbocycles. The first-order chi connectivity index (χ1) is 15.8. The van der Waals surface area contributed by atoms with Gasteiger partial charge in [0.2, 0.25) is 0 Å². The Morgan fingerprint density at radius 2 is 1.85 bits per heavy atom. The molecule has 0 amide bonds. The van der Waals surface area contributed by atoms with Gasteiger partial charge in [0.25, 0.3) is 6.47 Å². The Labute approximate surface area is 197 Å². The Morgan fingerprint density at radius 3 is 2.48 bits per heavy atom. The zero-order valence-electron chi connectivity index (χ0n) is 20.7. The van der Waals surface area contributed by atoms with E-state index in [0.29, 0.717) is 12.6 Å². The van der Waals surface area contributed by atoms with Crippen LogP contribution in [0.25, 0.3) is 10.9 Å². The van der Waals surface area contributed by atoms with Crippen LogP contribution in [0.15, 0.2) is 12.1 Å². The third kappa shape index (κ3) is 6.28. The normalized spacial score (nSPS) is 16.9. The second-order valence-electron chi connectivity index (χ2n) is 10.1. The molecular formula is C26H39N3O4. The van der Waals surface area contributed by atoms with Gasteiger partial charge in [0, 0.05) is 24.0 Å². The van der Waals surface area contributed by atoms with Gasteiger partial charge in [-0.2, -0.15) is 0 Å². The summed E-state index contributed by atoms with van der Waals surface area (Å²) in [6.07, 6.45) is 5.82. The van der Waals surface area contributed by atoms with E-state index in [-0.39, 0.29) is 11.9 Å². The number of anilines is 1. The fourth-order valence-corrected chi connectivity index (χ4v) is 4.93. The first kappa shape index (κ1) is 25.1. The van der Waals surface area contributed by atoms with Crippen molar-refractivity contribution in [1.82, 2.24) is 9.88 Å². The van der Waals surface area contributed by atoms with E-state index >= 15 is 0 Å². The van der Waals surface area contributed by atoms with Crippen molar-refractivity contribution in [2.45, 2.75) is 65.8 Å². The molecule has 1 saturated heterocycles. The van der Waals surface area contributed by atoms with Crippen molar-refractivity contribution >= 4 is 23.2 Å². The molecule has 1 aliphatic heterocycles. The zero-order chi connectivity index (χ0) is 24.0. The summed E-state index contributed by atoms with van der Waals surface area (Å²) >= 11 is 0. The van der Waals surface area contributed by atoms with E-state index in [1.54, 1.807) is 7.11 Å². The molecular weight excluding hydrogens is 418 g/mol. The predicted octanol–water partition coefficient (Wildman–Crippen LogP) is 4.75. The quantitative estimate of drug-likeness (QED) is 0.437. The van der Waals surface area contributed by atoms with Gasteiger partial charge < -0.3 is 24.8 Å². The summed E-state index contributed by atoms with van der Waals surface area (Å²) in [5.74, 6) is 2.64. The molecule has 2 aromatic rings. The summed E-state index contributed by atoms with van der Waals surface area (Å²) in [6.45, 7) is 13.0. The number of carbonyl (C=O) groups is 1. The lowest BCUT2D eigenvalue weighted by atomic mass is 9.90. The molecule has 1 aromatic heterocycles. The highest BCUT2D eigenvalue weighted by Gasteiger charge is 2.33. The summed E-state index contributed by atoms with van der Waals surface area (Å²) in [6, 6.07) is 4.56. The topological polar surface area (TPSA) is 83.9 Å². The average molecular weight is 458 g/mol. The predicted molar refractivity (Wildman–Crippen MR) is 133 cm³/mol. The van der Waals surface area contributed by atoms with Gasteiger partial charge >= 0.3 is 0 Å². The molecule has 2 aliphatic rings. The highest BCUT2D eigenvalue weighted by atomic mass is 16.5. The first-order valence-corrected chi connectivity index (χ1v) is 12.0. The molecule has 1 aliphatic carbocycles. The monoisotopic (exact) mass is 457 g/mol. The molecule has 2 heterocycles. The van der Waals surface area contributed by atoms with Crippen LogP contribution in [0.3, 0.4) is 0 Å². The van der Waals surface area contributed by atoms with E-state index in [9.17, 15) is 0 Å². The number of nitrogens with zero attached hydrogens (tertiary/aromatic N) is 2. The van der Waals surface area contributed by atoms with E-state index in [4.69, 9.17) is 24.4 Å². The largest absolute Gasteiger partial charge is 0.493 e. The first-order valence-electron chi connectivity index (χ1n) is 12.0. The number of methoxy groups -OCH3 is 1.